The summed E-state index contributed by atoms with van der Waals surface area (Å²) in [6.07, 6.45) is 1.65. The SMILES string of the molecule is CCOc1ccc(/C=C2\N=C(c3cc(I)ccc3Cl)OC2=O)cc1OCC. The van der Waals surface area contributed by atoms with Crippen LogP contribution in [0.2, 0.25) is 5.02 Å². The van der Waals surface area contributed by atoms with Gasteiger partial charge in [-0.1, -0.05) is 17.7 Å². The van der Waals surface area contributed by atoms with E-state index < -0.39 is 5.97 Å². The predicted octanol–water partition coefficient (Wildman–Crippen LogP) is 5.09. The first-order valence-electron chi connectivity index (χ1n) is 8.39. The number of halogens is 2. The lowest BCUT2D eigenvalue weighted by atomic mass is 10.1. The number of hydrogen-bond acceptors (Lipinski definition) is 5. The molecule has 0 aromatic heterocycles. The van der Waals surface area contributed by atoms with Crippen LogP contribution in [0.25, 0.3) is 6.08 Å². The van der Waals surface area contributed by atoms with Crippen LogP contribution in [-0.4, -0.2) is 25.1 Å². The molecule has 0 aliphatic carbocycles. The fourth-order valence-corrected chi connectivity index (χ4v) is 3.19. The Morgan fingerprint density at radius 3 is 2.59 bits per heavy atom. The normalized spacial score (nSPS) is 14.9. The number of ether oxygens (including phenoxy) is 3. The Morgan fingerprint density at radius 1 is 1.11 bits per heavy atom. The highest BCUT2D eigenvalue weighted by molar-refractivity contribution is 14.1. The number of nitrogens with zero attached hydrogens (tertiary/aromatic N) is 1. The number of carbonyl (C=O) groups is 1. The van der Waals surface area contributed by atoms with E-state index >= 15 is 0 Å². The van der Waals surface area contributed by atoms with E-state index in [2.05, 4.69) is 27.6 Å². The van der Waals surface area contributed by atoms with Crippen molar-refractivity contribution in [3.05, 3.63) is 61.8 Å². The predicted molar refractivity (Wildman–Crippen MR) is 114 cm³/mol. The molecular formula is C20H17ClINO4. The number of hydrogen-bond donors (Lipinski definition) is 0. The molecule has 0 spiro atoms. The summed E-state index contributed by atoms with van der Waals surface area (Å²) in [6.45, 7) is 4.86. The van der Waals surface area contributed by atoms with E-state index in [1.54, 1.807) is 18.2 Å². The van der Waals surface area contributed by atoms with Crippen molar-refractivity contribution < 1.29 is 19.0 Å². The maximum Gasteiger partial charge on any atom is 0.363 e. The first-order valence-corrected chi connectivity index (χ1v) is 9.85. The topological polar surface area (TPSA) is 57.1 Å². The van der Waals surface area contributed by atoms with Crippen LogP contribution in [0.15, 0.2) is 47.1 Å². The summed E-state index contributed by atoms with van der Waals surface area (Å²) in [6, 6.07) is 10.9. The lowest BCUT2D eigenvalue weighted by Crippen LogP contribution is -2.06. The number of benzene rings is 2. The summed E-state index contributed by atoms with van der Waals surface area (Å²) in [4.78, 5) is 16.5. The number of cyclic esters (lactones) is 1. The van der Waals surface area contributed by atoms with Gasteiger partial charge in [-0.2, -0.15) is 0 Å². The summed E-state index contributed by atoms with van der Waals surface area (Å²) < 4.78 is 17.4. The van der Waals surface area contributed by atoms with Gasteiger partial charge in [-0.3, -0.25) is 0 Å². The monoisotopic (exact) mass is 497 g/mol. The molecule has 3 rings (SSSR count). The van der Waals surface area contributed by atoms with Crippen molar-refractivity contribution in [2.24, 2.45) is 4.99 Å². The van der Waals surface area contributed by atoms with E-state index in [9.17, 15) is 4.79 Å². The Bertz CT molecular complexity index is 940. The van der Waals surface area contributed by atoms with Gasteiger partial charge in [-0.15, -0.1) is 0 Å². The van der Waals surface area contributed by atoms with Crippen LogP contribution in [0.3, 0.4) is 0 Å². The number of esters is 1. The van der Waals surface area contributed by atoms with E-state index in [1.807, 2.05) is 38.1 Å². The first-order chi connectivity index (χ1) is 13.0. The third kappa shape index (κ3) is 4.62. The Kier molecular flexibility index (Phi) is 6.38. The third-order valence-corrected chi connectivity index (χ3v) is 4.65. The van der Waals surface area contributed by atoms with Crippen molar-refractivity contribution in [2.75, 3.05) is 13.2 Å². The van der Waals surface area contributed by atoms with E-state index in [-0.39, 0.29) is 11.6 Å². The minimum Gasteiger partial charge on any atom is -0.490 e. The molecule has 1 aliphatic rings. The number of aliphatic imine (C=N–C) groups is 1. The summed E-state index contributed by atoms with van der Waals surface area (Å²) >= 11 is 8.37. The van der Waals surface area contributed by atoms with Crippen LogP contribution >= 0.6 is 34.2 Å². The van der Waals surface area contributed by atoms with Crippen LogP contribution in [0.4, 0.5) is 0 Å². The highest BCUT2D eigenvalue weighted by atomic mass is 127. The van der Waals surface area contributed by atoms with Crippen LogP contribution in [0.1, 0.15) is 25.0 Å². The summed E-state index contributed by atoms with van der Waals surface area (Å²) in [5, 5.41) is 0.475. The Hall–Kier alpha value is -2.06. The molecule has 0 unspecified atom stereocenters. The van der Waals surface area contributed by atoms with Gasteiger partial charge in [0.25, 0.3) is 0 Å². The molecular weight excluding hydrogens is 481 g/mol. The van der Waals surface area contributed by atoms with E-state index in [4.69, 9.17) is 25.8 Å². The largest absolute Gasteiger partial charge is 0.490 e. The zero-order valence-corrected chi connectivity index (χ0v) is 17.7. The van der Waals surface area contributed by atoms with Crippen molar-refractivity contribution in [3.8, 4) is 11.5 Å². The van der Waals surface area contributed by atoms with Gasteiger partial charge in [-0.25, -0.2) is 9.79 Å². The molecule has 5 nitrogen and oxygen atoms in total. The Morgan fingerprint density at radius 2 is 1.85 bits per heavy atom. The highest BCUT2D eigenvalue weighted by Crippen LogP contribution is 2.30. The maximum absolute atomic E-state index is 12.2. The van der Waals surface area contributed by atoms with Gasteiger partial charge >= 0.3 is 5.97 Å². The molecule has 27 heavy (non-hydrogen) atoms. The van der Waals surface area contributed by atoms with Crippen LogP contribution in [0.5, 0.6) is 11.5 Å². The van der Waals surface area contributed by atoms with Crippen molar-refractivity contribution in [2.45, 2.75) is 13.8 Å². The zero-order valence-electron chi connectivity index (χ0n) is 14.8. The lowest BCUT2D eigenvalue weighted by molar-refractivity contribution is -0.129. The molecule has 0 atom stereocenters. The van der Waals surface area contributed by atoms with Crippen molar-refractivity contribution >= 4 is 52.1 Å². The smallest absolute Gasteiger partial charge is 0.363 e. The van der Waals surface area contributed by atoms with E-state index in [0.29, 0.717) is 35.3 Å². The molecule has 2 aromatic carbocycles. The summed E-state index contributed by atoms with van der Waals surface area (Å²) in [7, 11) is 0. The highest BCUT2D eigenvalue weighted by Gasteiger charge is 2.26. The molecule has 2 aromatic rings. The van der Waals surface area contributed by atoms with Gasteiger partial charge in [0.05, 0.1) is 23.8 Å². The van der Waals surface area contributed by atoms with Gasteiger partial charge in [0.1, 0.15) is 0 Å². The summed E-state index contributed by atoms with van der Waals surface area (Å²) in [5.41, 5.74) is 1.54. The van der Waals surface area contributed by atoms with E-state index in [1.165, 1.54) is 0 Å². The van der Waals surface area contributed by atoms with Crippen molar-refractivity contribution in [1.29, 1.82) is 0 Å². The van der Waals surface area contributed by atoms with Crippen LogP contribution in [-0.2, 0) is 9.53 Å². The lowest BCUT2D eigenvalue weighted by Gasteiger charge is -2.11. The molecule has 0 N–H and O–H groups in total. The second-order valence-electron chi connectivity index (χ2n) is 5.53. The van der Waals surface area contributed by atoms with Crippen molar-refractivity contribution in [3.63, 3.8) is 0 Å². The molecule has 0 radical (unpaired) electrons. The standard InChI is InChI=1S/C20H17ClINO4/c1-3-25-17-8-5-12(10-18(17)26-4-2)9-16-20(24)27-19(23-16)14-11-13(22)6-7-15(14)21/h5-11H,3-4H2,1-2H3/b16-9-. The molecule has 0 bridgehead atoms. The average Bonchev–Trinajstić information content (AvgIpc) is 3.00. The van der Waals surface area contributed by atoms with Crippen LogP contribution < -0.4 is 9.47 Å². The minimum absolute atomic E-state index is 0.200. The number of carbonyl (C=O) groups excluding carboxylic acids is 1. The Labute approximate surface area is 176 Å². The molecule has 0 saturated heterocycles. The summed E-state index contributed by atoms with van der Waals surface area (Å²) in [5.74, 6) is 0.952. The third-order valence-electron chi connectivity index (χ3n) is 3.65. The second-order valence-corrected chi connectivity index (χ2v) is 7.19. The Balaban J connectivity index is 1.94. The molecule has 0 fully saturated rings. The molecule has 0 amide bonds. The maximum atomic E-state index is 12.2. The average molecular weight is 498 g/mol. The van der Waals surface area contributed by atoms with Gasteiger partial charge in [-0.05, 0) is 78.4 Å². The molecule has 140 valence electrons. The molecule has 1 heterocycles. The molecule has 0 saturated carbocycles. The van der Waals surface area contributed by atoms with Crippen molar-refractivity contribution in [1.82, 2.24) is 0 Å². The zero-order chi connectivity index (χ0) is 19.4. The van der Waals surface area contributed by atoms with E-state index in [0.717, 1.165) is 9.13 Å². The fraction of sp³-hybridized carbons (Fsp3) is 0.200. The minimum atomic E-state index is -0.522. The fourth-order valence-electron chi connectivity index (χ4n) is 2.50. The van der Waals surface area contributed by atoms with Gasteiger partial charge in [0.2, 0.25) is 5.90 Å². The number of rotatable bonds is 6. The quantitative estimate of drug-likeness (QED) is 0.317. The van der Waals surface area contributed by atoms with Gasteiger partial charge in [0.15, 0.2) is 17.2 Å². The van der Waals surface area contributed by atoms with Crippen LogP contribution in [0, 0.1) is 3.57 Å². The van der Waals surface area contributed by atoms with Gasteiger partial charge < -0.3 is 14.2 Å². The van der Waals surface area contributed by atoms with Gasteiger partial charge in [0, 0.05) is 3.57 Å². The first kappa shape index (κ1) is 19.7. The molecule has 7 heteroatoms. The molecule has 1 aliphatic heterocycles. The second kappa shape index (κ2) is 8.75.